The van der Waals surface area contributed by atoms with Gasteiger partial charge < -0.3 is 15.4 Å². The van der Waals surface area contributed by atoms with E-state index in [9.17, 15) is 9.18 Å². The quantitative estimate of drug-likeness (QED) is 0.302. The Morgan fingerprint density at radius 1 is 1.42 bits per heavy atom. The first-order chi connectivity index (χ1) is 11.7. The summed E-state index contributed by atoms with van der Waals surface area (Å²) in [6.07, 6.45) is 0. The van der Waals surface area contributed by atoms with E-state index in [0.717, 1.165) is 16.2 Å². The number of benzene rings is 1. The van der Waals surface area contributed by atoms with Gasteiger partial charge in [0.05, 0.1) is 0 Å². The van der Waals surface area contributed by atoms with Gasteiger partial charge in [-0.05, 0) is 17.3 Å². The second kappa shape index (κ2) is 7.00. The Bertz CT molecular complexity index is 893. The lowest BCUT2D eigenvalue weighted by Crippen LogP contribution is -2.29. The van der Waals surface area contributed by atoms with Gasteiger partial charge in [0, 0.05) is 5.38 Å². The maximum absolute atomic E-state index is 12.4. The van der Waals surface area contributed by atoms with Gasteiger partial charge in [-0.25, -0.2) is 14.2 Å². The summed E-state index contributed by atoms with van der Waals surface area (Å²) in [4.78, 5) is 27.1. The number of carbonyl (C=O) groups is 1. The highest BCUT2D eigenvalue weighted by molar-refractivity contribution is 7.13. The molecule has 0 aliphatic carbocycles. The van der Waals surface area contributed by atoms with Crippen molar-refractivity contribution < 1.29 is 18.9 Å². The highest BCUT2D eigenvalue weighted by Gasteiger charge is 2.22. The first-order valence-electron chi connectivity index (χ1n) is 6.69. The lowest BCUT2D eigenvalue weighted by atomic mass is 10.3. The zero-order valence-corrected chi connectivity index (χ0v) is 12.9. The zero-order valence-electron chi connectivity index (χ0n) is 12.1. The molecule has 0 spiro atoms. The minimum Gasteiger partial charge on any atom is -0.392 e. The minimum atomic E-state index is -0.894. The number of para-hydroxylation sites is 1. The van der Waals surface area contributed by atoms with E-state index in [1.807, 2.05) is 0 Å². The Labute approximate surface area is 138 Å². The van der Waals surface area contributed by atoms with Crippen LogP contribution in [0.1, 0.15) is 5.69 Å². The average Bonchev–Trinajstić information content (AvgIpc) is 3.18. The molecule has 0 fully saturated rings. The van der Waals surface area contributed by atoms with Crippen molar-refractivity contribution in [1.29, 1.82) is 0 Å². The Kier molecular flexibility index (Phi) is 4.61. The van der Waals surface area contributed by atoms with Crippen LogP contribution >= 0.6 is 11.3 Å². The third kappa shape index (κ3) is 3.30. The van der Waals surface area contributed by atoms with E-state index in [0.29, 0.717) is 11.0 Å². The predicted molar refractivity (Wildman–Crippen MR) is 84.1 cm³/mol. The van der Waals surface area contributed by atoms with Crippen LogP contribution in [0.3, 0.4) is 0 Å². The fraction of sp³-hybridized carbons (Fsp3) is 0.154. The molecule has 3 aromatic rings. The van der Waals surface area contributed by atoms with Crippen LogP contribution in [0, 0.1) is 0 Å². The number of halogens is 1. The van der Waals surface area contributed by atoms with Crippen LogP contribution < -0.4 is 10.6 Å². The number of carbonyl (C=O) groups excluding carboxylic acids is 1. The maximum Gasteiger partial charge on any atom is 0.389 e. The van der Waals surface area contributed by atoms with Gasteiger partial charge in [0.2, 0.25) is 5.71 Å². The van der Waals surface area contributed by atoms with Crippen LogP contribution in [0.4, 0.5) is 9.52 Å². The van der Waals surface area contributed by atoms with Gasteiger partial charge in [-0.3, -0.25) is 0 Å². The normalized spacial score (nSPS) is 11.6. The second-order valence-corrected chi connectivity index (χ2v) is 5.25. The molecule has 0 saturated heterocycles. The molecule has 0 radical (unpaired) electrons. The van der Waals surface area contributed by atoms with Gasteiger partial charge >= 0.3 is 5.97 Å². The number of thiazole rings is 1. The molecule has 0 atom stereocenters. The number of oxime groups is 1. The van der Waals surface area contributed by atoms with Gasteiger partial charge in [0.25, 0.3) is 0 Å². The molecule has 24 heavy (non-hydrogen) atoms. The Morgan fingerprint density at radius 3 is 3.00 bits per heavy atom. The van der Waals surface area contributed by atoms with Crippen LogP contribution in [-0.2, 0) is 9.63 Å². The topological polar surface area (TPSA) is 118 Å². The number of nitrogens with zero attached hydrogens (tertiary/aromatic N) is 5. The Morgan fingerprint density at radius 2 is 2.25 bits per heavy atom. The summed E-state index contributed by atoms with van der Waals surface area (Å²) in [5, 5.41) is 12.9. The Hall–Kier alpha value is -3.08. The minimum absolute atomic E-state index is 0.158. The number of hydrogen-bond acceptors (Lipinski definition) is 9. The lowest BCUT2D eigenvalue weighted by Gasteiger charge is -2.04. The molecule has 9 nitrogen and oxygen atoms in total. The van der Waals surface area contributed by atoms with Crippen molar-refractivity contribution in [2.45, 2.75) is 0 Å². The molecule has 11 heteroatoms. The summed E-state index contributed by atoms with van der Waals surface area (Å²) in [7, 11) is 0. The van der Waals surface area contributed by atoms with Crippen molar-refractivity contribution in [3.8, 4) is 0 Å². The van der Waals surface area contributed by atoms with Gasteiger partial charge in [-0.1, -0.05) is 22.1 Å². The molecule has 124 valence electrons. The van der Waals surface area contributed by atoms with Gasteiger partial charge in [0.15, 0.2) is 5.13 Å². The summed E-state index contributed by atoms with van der Waals surface area (Å²) in [5.41, 5.74) is 6.50. The van der Waals surface area contributed by atoms with Crippen LogP contribution in [-0.4, -0.2) is 45.1 Å². The van der Waals surface area contributed by atoms with E-state index in [2.05, 4.69) is 20.5 Å². The van der Waals surface area contributed by atoms with Crippen LogP contribution in [0.25, 0.3) is 11.0 Å². The third-order valence-electron chi connectivity index (χ3n) is 2.77. The van der Waals surface area contributed by atoms with Crippen molar-refractivity contribution in [3.05, 3.63) is 35.3 Å². The van der Waals surface area contributed by atoms with Crippen LogP contribution in [0.5, 0.6) is 0 Å². The maximum atomic E-state index is 12.4. The molecule has 0 bridgehead atoms. The number of hydrogen-bond donors (Lipinski definition) is 1. The number of rotatable bonds is 6. The molecule has 0 aliphatic heterocycles. The standard InChI is InChI=1S/C13H11FN6O3S/c14-5-6-22-18-11(9-7-24-13(15)16-9)12(21)23-20-10-4-2-1-3-8(10)17-19-20/h1-4,7H,5-6H2,(H2,15,16)/b18-11-. The largest absolute Gasteiger partial charge is 0.392 e. The molecule has 2 aromatic heterocycles. The first-order valence-corrected chi connectivity index (χ1v) is 7.57. The second-order valence-electron chi connectivity index (χ2n) is 4.36. The average molecular weight is 350 g/mol. The molecular formula is C13H11FN6O3S. The number of nitrogens with two attached hydrogens (primary N) is 1. The molecule has 3 rings (SSSR count). The molecule has 0 aliphatic rings. The summed E-state index contributed by atoms with van der Waals surface area (Å²) in [6, 6.07) is 6.92. The third-order valence-corrected chi connectivity index (χ3v) is 3.45. The summed E-state index contributed by atoms with van der Waals surface area (Å²) in [5.74, 6) is -0.894. The monoisotopic (exact) mass is 350 g/mol. The van der Waals surface area contributed by atoms with E-state index >= 15 is 0 Å². The van der Waals surface area contributed by atoms with E-state index in [1.165, 1.54) is 5.38 Å². The smallest absolute Gasteiger partial charge is 0.389 e. The van der Waals surface area contributed by atoms with Crippen molar-refractivity contribution >= 4 is 39.2 Å². The van der Waals surface area contributed by atoms with Gasteiger partial charge in [-0.2, -0.15) is 0 Å². The molecule has 0 unspecified atom stereocenters. The number of alkyl halides is 1. The van der Waals surface area contributed by atoms with Crippen molar-refractivity contribution in [3.63, 3.8) is 0 Å². The van der Waals surface area contributed by atoms with E-state index in [1.54, 1.807) is 24.3 Å². The number of aromatic nitrogens is 4. The molecule has 2 N–H and O–H groups in total. The highest BCUT2D eigenvalue weighted by Crippen LogP contribution is 2.13. The van der Waals surface area contributed by atoms with E-state index in [4.69, 9.17) is 15.4 Å². The predicted octanol–water partition coefficient (Wildman–Crippen LogP) is 0.816. The van der Waals surface area contributed by atoms with Crippen molar-refractivity contribution in [2.75, 3.05) is 19.0 Å². The van der Waals surface area contributed by atoms with Gasteiger partial charge in [-0.15, -0.1) is 16.4 Å². The van der Waals surface area contributed by atoms with Gasteiger partial charge in [0.1, 0.15) is 30.0 Å². The summed E-state index contributed by atoms with van der Waals surface area (Å²) in [6.45, 7) is -1.05. The van der Waals surface area contributed by atoms with Crippen molar-refractivity contribution in [1.82, 2.24) is 20.1 Å². The van der Waals surface area contributed by atoms with Crippen LogP contribution in [0.15, 0.2) is 34.8 Å². The number of fused-ring (bicyclic) bond motifs is 1. The summed E-state index contributed by atoms with van der Waals surface area (Å²) < 4.78 is 12.2. The fourth-order valence-electron chi connectivity index (χ4n) is 1.77. The van der Waals surface area contributed by atoms with Crippen LogP contribution in [0.2, 0.25) is 0 Å². The zero-order chi connectivity index (χ0) is 16.9. The van der Waals surface area contributed by atoms with E-state index in [-0.39, 0.29) is 23.1 Å². The Balaban J connectivity index is 1.87. The van der Waals surface area contributed by atoms with Crippen molar-refractivity contribution in [2.24, 2.45) is 5.16 Å². The number of nitrogen functional groups attached to an aromatic ring is 1. The highest BCUT2D eigenvalue weighted by atomic mass is 32.1. The number of anilines is 1. The SMILES string of the molecule is Nc1nc(/C(=N/OCCF)C(=O)On2nnc3ccccc32)cs1. The lowest BCUT2D eigenvalue weighted by molar-refractivity contribution is -0.137. The molecular weight excluding hydrogens is 339 g/mol. The first kappa shape index (κ1) is 15.8. The van der Waals surface area contributed by atoms with E-state index < -0.39 is 12.6 Å². The molecule has 0 amide bonds. The molecule has 1 aromatic carbocycles. The summed E-state index contributed by atoms with van der Waals surface area (Å²) >= 11 is 1.11. The molecule has 0 saturated carbocycles. The molecule has 2 heterocycles. The fourth-order valence-corrected chi connectivity index (χ4v) is 2.31.